The van der Waals surface area contributed by atoms with Gasteiger partial charge in [0.05, 0.1) is 28.9 Å². The fourth-order valence-corrected chi connectivity index (χ4v) is 11.3. The van der Waals surface area contributed by atoms with Crippen LogP contribution in [0, 0.1) is 24.2 Å². The predicted octanol–water partition coefficient (Wildman–Crippen LogP) is 8.70. The number of piperidine rings is 1. The third kappa shape index (κ3) is 10.6. The molecule has 69 heavy (non-hydrogen) atoms. The summed E-state index contributed by atoms with van der Waals surface area (Å²) in [5.74, 6) is 1.93. The second kappa shape index (κ2) is 19.8. The van der Waals surface area contributed by atoms with Crippen LogP contribution in [0.15, 0.2) is 54.6 Å². The van der Waals surface area contributed by atoms with Crippen molar-refractivity contribution in [2.75, 3.05) is 75.4 Å². The molecule has 1 atom stereocenters. The predicted molar refractivity (Wildman–Crippen MR) is 259 cm³/mol. The van der Waals surface area contributed by atoms with E-state index in [4.69, 9.17) is 22.1 Å². The fourth-order valence-electron chi connectivity index (χ4n) is 11.1. The number of fused-ring (bicyclic) bond motifs is 1. The number of amides is 5. The Morgan fingerprint density at radius 2 is 1.67 bits per heavy atom. The molecule has 1 saturated carbocycles. The molecule has 1 spiro atoms. The highest BCUT2D eigenvalue weighted by Gasteiger charge is 2.40. The molecule has 5 amide bonds. The van der Waals surface area contributed by atoms with Crippen molar-refractivity contribution in [3.8, 4) is 5.75 Å². The lowest BCUT2D eigenvalue weighted by molar-refractivity contribution is -0.138. The number of imide groups is 1. The van der Waals surface area contributed by atoms with Gasteiger partial charge in [0.25, 0.3) is 5.91 Å². The number of aromatic nitrogens is 2. The third-order valence-corrected chi connectivity index (χ3v) is 15.4. The van der Waals surface area contributed by atoms with Crippen LogP contribution >= 0.6 is 11.6 Å². The van der Waals surface area contributed by atoms with Crippen LogP contribution in [-0.2, 0) is 22.3 Å². The highest BCUT2D eigenvalue weighted by Crippen LogP contribution is 2.47. The van der Waals surface area contributed by atoms with Crippen LogP contribution in [0.25, 0.3) is 16.5 Å². The van der Waals surface area contributed by atoms with Gasteiger partial charge in [-0.15, -0.1) is 0 Å². The van der Waals surface area contributed by atoms with Crippen LogP contribution in [0.1, 0.15) is 97.1 Å². The Morgan fingerprint density at radius 3 is 2.35 bits per heavy atom. The molecule has 4 aromatic rings. The van der Waals surface area contributed by atoms with Gasteiger partial charge in [-0.3, -0.25) is 29.5 Å². The quantitative estimate of drug-likeness (QED) is 0.131. The zero-order valence-corrected chi connectivity index (χ0v) is 39.9. The van der Waals surface area contributed by atoms with Crippen molar-refractivity contribution in [1.29, 1.82) is 0 Å². The van der Waals surface area contributed by atoms with E-state index in [9.17, 15) is 32.3 Å². The van der Waals surface area contributed by atoms with Gasteiger partial charge in [0.2, 0.25) is 11.8 Å². The number of carbonyl (C=O) groups is 4. The lowest BCUT2D eigenvalue weighted by Crippen LogP contribution is -2.51. The molecule has 3 aliphatic heterocycles. The number of carbonyl (C=O) groups excluding carboxylic acids is 4. The average Bonchev–Trinajstić information content (AvgIpc) is 3.33. The molecule has 1 unspecified atom stereocenters. The molecule has 4 heterocycles. The highest BCUT2D eigenvalue weighted by atomic mass is 35.5. The standard InChI is InChI=1S/C51H59ClF3N9O5/c1-31-58-42-28-44(69-2)39(27-40(42)46(59-31)57-29-33-23-37(51(53,54)55)26-38(56)24-33)34-3-5-35(6-4-34)47(66)63-21-19-61(20-22-63)30-32-9-12-50(13-10-32)14-17-62(18-15-50)48(67)36-7-8-41(52)43(25-36)64-16-11-45(65)60-49(64)68/h3,7-8,23-28,32,35H,4-6,9-22,29-30,56H2,1-2H3,(H,57,58,59)(H,60,65,68). The van der Waals surface area contributed by atoms with Gasteiger partial charge < -0.3 is 25.6 Å². The largest absolute Gasteiger partial charge is 0.496 e. The molecule has 3 aromatic carbocycles. The molecule has 4 N–H and O–H groups in total. The van der Waals surface area contributed by atoms with E-state index in [0.29, 0.717) is 101 Å². The van der Waals surface area contributed by atoms with Crippen molar-refractivity contribution in [3.05, 3.63) is 87.7 Å². The summed E-state index contributed by atoms with van der Waals surface area (Å²) in [7, 11) is 1.61. The van der Waals surface area contributed by atoms with Gasteiger partial charge in [0, 0.05) is 99.5 Å². The van der Waals surface area contributed by atoms with E-state index in [0.717, 1.165) is 81.4 Å². The van der Waals surface area contributed by atoms with Gasteiger partial charge in [0.1, 0.15) is 17.4 Å². The molecule has 366 valence electrons. The first-order chi connectivity index (χ1) is 33.0. The number of hydrogen-bond donors (Lipinski definition) is 3. The summed E-state index contributed by atoms with van der Waals surface area (Å²) in [4.78, 5) is 68.8. The molecule has 0 radical (unpaired) electrons. The summed E-state index contributed by atoms with van der Waals surface area (Å²) in [6.45, 7) is 7.60. The van der Waals surface area contributed by atoms with Crippen molar-refractivity contribution in [1.82, 2.24) is 30.0 Å². The Labute approximate surface area is 404 Å². The van der Waals surface area contributed by atoms with E-state index in [1.54, 1.807) is 32.2 Å². The van der Waals surface area contributed by atoms with Crippen LogP contribution < -0.4 is 26.0 Å². The number of methoxy groups -OCH3 is 1. The van der Waals surface area contributed by atoms with Crippen LogP contribution in [0.3, 0.4) is 0 Å². The van der Waals surface area contributed by atoms with E-state index in [-0.39, 0.29) is 54.3 Å². The summed E-state index contributed by atoms with van der Waals surface area (Å²) < 4.78 is 46.4. The SMILES string of the molecule is COc1cc2nc(C)nc(NCc3cc(N)cc(C(F)(F)F)c3)c2cc1C1=CCC(C(=O)N2CCN(CC3CCC4(CC3)CCN(C(=O)c3ccc(Cl)c(N5CCC(=O)NC5=O)c3)CC4)CC2)CC1. The minimum absolute atomic E-state index is 0.0273. The first-order valence-corrected chi connectivity index (χ1v) is 24.4. The molecule has 18 heteroatoms. The Morgan fingerprint density at radius 1 is 0.913 bits per heavy atom. The topological polar surface area (TPSA) is 166 Å². The minimum atomic E-state index is -4.52. The number of ether oxygens (including phenoxy) is 1. The second-order valence-corrected chi connectivity index (χ2v) is 19.9. The molecule has 4 fully saturated rings. The minimum Gasteiger partial charge on any atom is -0.496 e. The lowest BCUT2D eigenvalue weighted by atomic mass is 9.65. The van der Waals surface area contributed by atoms with Crippen molar-refractivity contribution < 1.29 is 37.1 Å². The van der Waals surface area contributed by atoms with Gasteiger partial charge in [-0.05, 0) is 130 Å². The number of nitrogens with one attached hydrogen (secondary N) is 2. The number of urea groups is 1. The first-order valence-electron chi connectivity index (χ1n) is 24.0. The number of hydrogen-bond acceptors (Lipinski definition) is 10. The van der Waals surface area contributed by atoms with Gasteiger partial charge in [0.15, 0.2) is 0 Å². The average molecular weight is 971 g/mol. The lowest BCUT2D eigenvalue weighted by Gasteiger charge is -2.47. The molecule has 1 aromatic heterocycles. The number of allylic oxidation sites excluding steroid dienone is 2. The Bertz CT molecular complexity index is 2670. The zero-order valence-electron chi connectivity index (χ0n) is 39.1. The fraction of sp³-hybridized carbons (Fsp3) is 0.490. The molecule has 0 bridgehead atoms. The number of alkyl halides is 3. The van der Waals surface area contributed by atoms with E-state index in [1.807, 2.05) is 21.9 Å². The summed E-state index contributed by atoms with van der Waals surface area (Å²) in [5.41, 5.74) is 9.13. The number of piperazine rings is 1. The number of nitrogens with zero attached hydrogens (tertiary/aromatic N) is 6. The number of benzene rings is 3. The van der Waals surface area contributed by atoms with Crippen molar-refractivity contribution in [2.45, 2.75) is 83.9 Å². The molecule has 3 saturated heterocycles. The molecular weight excluding hydrogens is 911 g/mol. The highest BCUT2D eigenvalue weighted by molar-refractivity contribution is 6.34. The maximum atomic E-state index is 13.9. The summed E-state index contributed by atoms with van der Waals surface area (Å²) >= 11 is 6.44. The van der Waals surface area contributed by atoms with E-state index in [2.05, 4.69) is 31.6 Å². The second-order valence-electron chi connectivity index (χ2n) is 19.5. The van der Waals surface area contributed by atoms with Crippen molar-refractivity contribution >= 4 is 69.0 Å². The number of nitrogen functional groups attached to an aromatic ring is 1. The summed E-state index contributed by atoms with van der Waals surface area (Å²) in [5, 5.41) is 6.59. The molecule has 9 rings (SSSR count). The number of aryl methyl sites for hydroxylation is 1. The monoisotopic (exact) mass is 969 g/mol. The van der Waals surface area contributed by atoms with Crippen LogP contribution in [0.2, 0.25) is 5.02 Å². The molecule has 2 aliphatic carbocycles. The Balaban J connectivity index is 0.742. The normalized spacial score (nSPS) is 20.5. The zero-order chi connectivity index (χ0) is 48.6. The van der Waals surface area contributed by atoms with E-state index in [1.165, 1.54) is 11.0 Å². The number of likely N-dealkylation sites (tertiary alicyclic amines) is 1. The van der Waals surface area contributed by atoms with Crippen LogP contribution in [0.4, 0.5) is 35.2 Å². The third-order valence-electron chi connectivity index (χ3n) is 15.1. The Hall–Kier alpha value is -5.94. The number of halogens is 4. The van der Waals surface area contributed by atoms with Gasteiger partial charge >= 0.3 is 12.2 Å². The number of anilines is 3. The maximum absolute atomic E-state index is 13.9. The molecule has 14 nitrogen and oxygen atoms in total. The van der Waals surface area contributed by atoms with Gasteiger partial charge in [-0.2, -0.15) is 13.2 Å². The van der Waals surface area contributed by atoms with Gasteiger partial charge in [-0.25, -0.2) is 14.8 Å². The smallest absolute Gasteiger partial charge is 0.416 e. The summed E-state index contributed by atoms with van der Waals surface area (Å²) in [6.07, 6.45) is 6.35. The number of rotatable bonds is 10. The van der Waals surface area contributed by atoms with Crippen LogP contribution in [0.5, 0.6) is 5.75 Å². The van der Waals surface area contributed by atoms with Crippen molar-refractivity contribution in [3.63, 3.8) is 0 Å². The van der Waals surface area contributed by atoms with Gasteiger partial charge in [-0.1, -0.05) is 17.7 Å². The first kappa shape index (κ1) is 48.1. The number of nitrogens with two attached hydrogens (primary N) is 1. The molecular formula is C51H59ClF3N9O5. The van der Waals surface area contributed by atoms with E-state index >= 15 is 0 Å². The molecule has 5 aliphatic rings. The van der Waals surface area contributed by atoms with Crippen LogP contribution in [-0.4, -0.2) is 108 Å². The Kier molecular flexibility index (Phi) is 13.8. The maximum Gasteiger partial charge on any atom is 0.416 e. The van der Waals surface area contributed by atoms with Crippen molar-refractivity contribution in [2.24, 2.45) is 17.3 Å². The van der Waals surface area contributed by atoms with E-state index < -0.39 is 17.8 Å². The summed E-state index contributed by atoms with van der Waals surface area (Å²) in [6, 6.07) is 11.8.